The Hall–Kier alpha value is -7.51. The van der Waals surface area contributed by atoms with Crippen LogP contribution in [0, 0.1) is 17.8 Å². The Labute approximate surface area is 422 Å². The molecule has 0 aliphatic rings. The van der Waals surface area contributed by atoms with Crippen molar-refractivity contribution in [2.75, 3.05) is 6.54 Å². The fourth-order valence-corrected chi connectivity index (χ4v) is 7.77. The van der Waals surface area contributed by atoms with E-state index in [-0.39, 0.29) is 75.0 Å². The van der Waals surface area contributed by atoms with Gasteiger partial charge in [0, 0.05) is 32.7 Å². The highest BCUT2D eigenvalue weighted by Crippen LogP contribution is 2.15. The number of carbonyl (C=O) groups is 8. The van der Waals surface area contributed by atoms with Crippen LogP contribution in [0.5, 0.6) is 5.75 Å². The summed E-state index contributed by atoms with van der Waals surface area (Å²) in [6.07, 6.45) is 0.649. The van der Waals surface area contributed by atoms with Crippen molar-refractivity contribution in [2.45, 2.75) is 136 Å². The van der Waals surface area contributed by atoms with Crippen LogP contribution in [0.4, 0.5) is 0 Å². The maximum atomic E-state index is 14.5. The lowest BCUT2D eigenvalue weighted by molar-refractivity contribution is -0.136. The van der Waals surface area contributed by atoms with Crippen molar-refractivity contribution >= 4 is 53.2 Å². The zero-order valence-electron chi connectivity index (χ0n) is 42.4. The molecule has 0 radical (unpaired) electrons. The molecule has 3 aromatic rings. The van der Waals surface area contributed by atoms with Crippen molar-refractivity contribution in [3.05, 3.63) is 102 Å². The highest BCUT2D eigenvalue weighted by Gasteiger charge is 2.35. The van der Waals surface area contributed by atoms with Crippen molar-refractivity contribution in [3.8, 4) is 5.75 Å². The summed E-state index contributed by atoms with van der Waals surface area (Å²) in [7, 11) is 0. The van der Waals surface area contributed by atoms with Crippen molar-refractivity contribution < 1.29 is 43.5 Å². The molecule has 0 aliphatic carbocycles. The van der Waals surface area contributed by atoms with E-state index in [9.17, 15) is 43.5 Å². The summed E-state index contributed by atoms with van der Waals surface area (Å²) in [5.74, 6) is -6.43. The Balaban J connectivity index is 1.91. The van der Waals surface area contributed by atoms with Gasteiger partial charge in [-0.15, -0.1) is 0 Å². The third kappa shape index (κ3) is 21.2. The summed E-state index contributed by atoms with van der Waals surface area (Å²) in [6, 6.07) is 15.6. The van der Waals surface area contributed by atoms with Gasteiger partial charge in [0.1, 0.15) is 48.0 Å². The lowest BCUT2D eigenvalue weighted by atomic mass is 9.97. The average Bonchev–Trinajstić information content (AvgIpc) is 3.31. The van der Waals surface area contributed by atoms with Gasteiger partial charge in [-0.2, -0.15) is 0 Å². The fraction of sp³-hybridized carbons (Fsp3) is 0.481. The van der Waals surface area contributed by atoms with Crippen molar-refractivity contribution in [2.24, 2.45) is 39.9 Å². The topological polar surface area (TPSA) is 331 Å². The zero-order valence-corrected chi connectivity index (χ0v) is 42.4. The summed E-state index contributed by atoms with van der Waals surface area (Å²) in [4.78, 5) is 114. The van der Waals surface area contributed by atoms with E-state index in [4.69, 9.17) is 17.2 Å². The number of guanidine groups is 1. The molecule has 0 aromatic heterocycles. The number of nitrogens with one attached hydrogen (secondary N) is 7. The van der Waals surface area contributed by atoms with Gasteiger partial charge in [0.15, 0.2) is 5.96 Å². The minimum atomic E-state index is -1.36. The fourth-order valence-electron chi connectivity index (χ4n) is 7.77. The molecule has 3 rings (SSSR count). The normalized spacial score (nSPS) is 14.0. The molecule has 20 nitrogen and oxygen atoms in total. The van der Waals surface area contributed by atoms with E-state index in [2.05, 4.69) is 42.2 Å². The third-order valence-electron chi connectivity index (χ3n) is 11.4. The van der Waals surface area contributed by atoms with Gasteiger partial charge in [-0.1, -0.05) is 114 Å². The van der Waals surface area contributed by atoms with E-state index in [0.717, 1.165) is 11.1 Å². The summed E-state index contributed by atoms with van der Waals surface area (Å²) in [6.45, 7) is 12.2. The van der Waals surface area contributed by atoms with E-state index in [1.807, 2.05) is 39.8 Å². The van der Waals surface area contributed by atoms with Gasteiger partial charge < -0.3 is 59.5 Å². The summed E-state index contributed by atoms with van der Waals surface area (Å²) < 4.78 is 0. The maximum Gasteiger partial charge on any atom is 0.243 e. The Kier molecular flexibility index (Phi) is 24.2. The minimum absolute atomic E-state index is 0.0101. The molecule has 14 N–H and O–H groups in total. The number of benzene rings is 3. The molecular formula is C52H75N11O9. The van der Waals surface area contributed by atoms with Crippen LogP contribution in [0.25, 0.3) is 0 Å². The predicted molar refractivity (Wildman–Crippen MR) is 274 cm³/mol. The first-order valence-electron chi connectivity index (χ1n) is 24.3. The van der Waals surface area contributed by atoms with E-state index in [1.54, 1.807) is 74.5 Å². The lowest BCUT2D eigenvalue weighted by Gasteiger charge is -2.30. The first-order valence-corrected chi connectivity index (χ1v) is 24.3. The number of nitrogens with zero attached hydrogens (tertiary/aromatic N) is 1. The van der Waals surface area contributed by atoms with Crippen molar-refractivity contribution in [1.82, 2.24) is 37.2 Å². The highest BCUT2D eigenvalue weighted by molar-refractivity contribution is 5.97. The largest absolute Gasteiger partial charge is 0.508 e. The van der Waals surface area contributed by atoms with Crippen LogP contribution in [0.3, 0.4) is 0 Å². The van der Waals surface area contributed by atoms with Crippen LogP contribution in [0.1, 0.15) is 90.8 Å². The van der Waals surface area contributed by atoms with E-state index < -0.39 is 95.5 Å². The number of phenols is 1. The Morgan fingerprint density at radius 2 is 0.875 bits per heavy atom. The van der Waals surface area contributed by atoms with Gasteiger partial charge in [0.2, 0.25) is 47.3 Å². The second kappa shape index (κ2) is 29.6. The van der Waals surface area contributed by atoms with Crippen LogP contribution in [-0.4, -0.2) is 107 Å². The van der Waals surface area contributed by atoms with Gasteiger partial charge in [0.05, 0.1) is 0 Å². The molecule has 7 atom stereocenters. The number of phenolic OH excluding ortho intramolecular Hbond substituents is 1. The summed E-state index contributed by atoms with van der Waals surface area (Å²) >= 11 is 0. The quantitative estimate of drug-likeness (QED) is 0.0266. The third-order valence-corrected chi connectivity index (χ3v) is 11.4. The molecule has 0 spiro atoms. The highest BCUT2D eigenvalue weighted by atomic mass is 16.3. The molecule has 20 heteroatoms. The predicted octanol–water partition coefficient (Wildman–Crippen LogP) is 1.12. The van der Waals surface area contributed by atoms with Gasteiger partial charge in [-0.25, -0.2) is 0 Å². The van der Waals surface area contributed by atoms with Crippen LogP contribution in [-0.2, 0) is 57.6 Å². The lowest BCUT2D eigenvalue weighted by Crippen LogP contribution is -2.61. The molecule has 0 saturated heterocycles. The van der Waals surface area contributed by atoms with Crippen LogP contribution in [0.2, 0.25) is 0 Å². The Morgan fingerprint density at radius 1 is 0.486 bits per heavy atom. The second-order valence-corrected chi connectivity index (χ2v) is 19.1. The van der Waals surface area contributed by atoms with Crippen LogP contribution >= 0.6 is 0 Å². The maximum absolute atomic E-state index is 14.5. The SMILES string of the molecule is CC(=O)N[C@@H](Cc1ccccc1)C(=O)N[C@@H](CCCN=C(N)N)C(=O)N[C@@H](Cc1ccc(O)cc1)C(=O)N[C@@H](CC(C)C)C(=O)N[C@H](C(=O)N[C@@H](CC(C)C)C(=O)N[C@@H](Cc1ccccc1)C(N)=O)C(C)C. The Morgan fingerprint density at radius 3 is 1.33 bits per heavy atom. The van der Waals surface area contributed by atoms with Gasteiger partial charge >= 0.3 is 0 Å². The molecule has 3 aromatic carbocycles. The number of hydrogen-bond donors (Lipinski definition) is 11. The van der Waals surface area contributed by atoms with Gasteiger partial charge in [-0.05, 0) is 72.3 Å². The average molecular weight is 998 g/mol. The van der Waals surface area contributed by atoms with Gasteiger partial charge in [-0.3, -0.25) is 43.3 Å². The molecular weight excluding hydrogens is 923 g/mol. The zero-order chi connectivity index (χ0) is 53.5. The molecule has 0 heterocycles. The molecule has 392 valence electrons. The number of hydrogen-bond acceptors (Lipinski definition) is 10. The van der Waals surface area contributed by atoms with Crippen molar-refractivity contribution in [3.63, 3.8) is 0 Å². The first kappa shape index (κ1) is 58.8. The van der Waals surface area contributed by atoms with E-state index in [1.165, 1.54) is 19.1 Å². The minimum Gasteiger partial charge on any atom is -0.508 e. The number of amides is 8. The van der Waals surface area contributed by atoms with Crippen LogP contribution in [0.15, 0.2) is 89.9 Å². The second-order valence-electron chi connectivity index (χ2n) is 19.1. The van der Waals surface area contributed by atoms with Gasteiger partial charge in [0.25, 0.3) is 0 Å². The molecule has 0 unspecified atom stereocenters. The van der Waals surface area contributed by atoms with Crippen LogP contribution < -0.4 is 54.4 Å². The molecule has 0 saturated carbocycles. The Bertz CT molecular complexity index is 2290. The number of primary amides is 1. The van der Waals surface area contributed by atoms with E-state index >= 15 is 0 Å². The monoisotopic (exact) mass is 998 g/mol. The summed E-state index contributed by atoms with van der Waals surface area (Å²) in [5, 5.41) is 29.2. The number of carbonyl (C=O) groups excluding carboxylic acids is 8. The summed E-state index contributed by atoms with van der Waals surface area (Å²) in [5.41, 5.74) is 18.8. The van der Waals surface area contributed by atoms with E-state index in [0.29, 0.717) is 5.56 Å². The molecule has 72 heavy (non-hydrogen) atoms. The molecule has 0 aliphatic heterocycles. The number of aromatic hydroxyl groups is 1. The molecule has 0 bridgehead atoms. The smallest absolute Gasteiger partial charge is 0.243 e. The molecule has 8 amide bonds. The number of rotatable bonds is 29. The standard InChI is InChI=1S/C52H75N11O9/c1-30(2)25-40(47(68)59-39(45(53)66)27-34-15-10-8-11-16-34)62-51(72)44(32(5)6)63-50(71)41(26-31(3)4)60-49(70)43(29-36-20-22-37(65)23-21-36)61-46(67)38(19-14-24-56-52(54)55)58-48(69)42(57-33(7)64)28-35-17-12-9-13-18-35/h8-13,15-18,20-23,30-32,38-44,65H,14,19,24-29H2,1-7H3,(H2,53,66)(H,57,64)(H,58,69)(H,59,68)(H,60,70)(H,61,67)(H,62,72)(H,63,71)(H4,54,55,56)/t38-,39-,40-,41-,42-,43-,44-/m0/s1. The molecule has 0 fully saturated rings. The van der Waals surface area contributed by atoms with Crippen molar-refractivity contribution in [1.29, 1.82) is 0 Å². The first-order chi connectivity index (χ1) is 34.0. The number of nitrogens with two attached hydrogens (primary N) is 3. The number of aliphatic imine (C=N–C) groups is 1.